The Morgan fingerprint density at radius 3 is 2.68 bits per heavy atom. The molecular weight excluding hydrogens is 366 g/mol. The Labute approximate surface area is 162 Å². The van der Waals surface area contributed by atoms with Gasteiger partial charge in [0.1, 0.15) is 11.5 Å². The third-order valence-electron chi connectivity index (χ3n) is 7.15. The van der Waals surface area contributed by atoms with Crippen molar-refractivity contribution in [3.63, 3.8) is 0 Å². The molecule has 1 saturated carbocycles. The molecule has 1 unspecified atom stereocenters. The van der Waals surface area contributed by atoms with Gasteiger partial charge < -0.3 is 14.9 Å². The van der Waals surface area contributed by atoms with E-state index in [0.29, 0.717) is 48.7 Å². The molecule has 152 valence electrons. The molecule has 0 spiro atoms. The highest BCUT2D eigenvalue weighted by Gasteiger charge is 2.57. The normalized spacial score (nSPS) is 33.0. The Hall–Kier alpha value is -1.99. The number of halogens is 2. The number of aromatic nitrogens is 2. The summed E-state index contributed by atoms with van der Waals surface area (Å²) in [5.41, 5.74) is 0.502. The first-order valence-corrected chi connectivity index (χ1v) is 10.4. The molecule has 6 nitrogen and oxygen atoms in total. The molecule has 2 aliphatic heterocycles. The molecule has 2 aliphatic carbocycles. The van der Waals surface area contributed by atoms with Crippen LogP contribution in [0.5, 0.6) is 0 Å². The fourth-order valence-electron chi connectivity index (χ4n) is 5.51. The number of carbonyl (C=O) groups is 1. The lowest BCUT2D eigenvalue weighted by atomic mass is 10.0. The van der Waals surface area contributed by atoms with Crippen LogP contribution in [0.4, 0.5) is 20.5 Å². The van der Waals surface area contributed by atoms with Crippen molar-refractivity contribution in [3.05, 3.63) is 11.3 Å². The molecule has 28 heavy (non-hydrogen) atoms. The number of rotatable bonds is 4. The zero-order valence-corrected chi connectivity index (χ0v) is 16.1. The van der Waals surface area contributed by atoms with Crippen molar-refractivity contribution < 1.29 is 18.7 Å². The first-order chi connectivity index (χ1) is 13.3. The molecule has 1 aromatic heterocycles. The van der Waals surface area contributed by atoms with Gasteiger partial charge in [-0.25, -0.2) is 4.98 Å². The minimum atomic E-state index is -2.89. The molecule has 1 aromatic rings. The van der Waals surface area contributed by atoms with E-state index >= 15 is 0 Å². The van der Waals surface area contributed by atoms with Crippen LogP contribution in [0.3, 0.4) is 0 Å². The van der Waals surface area contributed by atoms with Crippen LogP contribution in [0, 0.1) is 17.8 Å². The number of hydrogen-bond acceptors (Lipinski definition) is 5. The van der Waals surface area contributed by atoms with E-state index in [2.05, 4.69) is 21.7 Å². The summed E-state index contributed by atoms with van der Waals surface area (Å²) in [6.45, 7) is 4.34. The molecule has 0 aromatic carbocycles. The number of fused-ring (bicyclic) bond motifs is 2. The van der Waals surface area contributed by atoms with Crippen LogP contribution >= 0.6 is 0 Å². The van der Waals surface area contributed by atoms with E-state index in [1.165, 1.54) is 0 Å². The zero-order chi connectivity index (χ0) is 19.6. The molecule has 8 heteroatoms. The Morgan fingerprint density at radius 2 is 2.00 bits per heavy atom. The summed E-state index contributed by atoms with van der Waals surface area (Å²) in [7, 11) is 0. The van der Waals surface area contributed by atoms with Gasteiger partial charge in [0, 0.05) is 44.1 Å². The summed E-state index contributed by atoms with van der Waals surface area (Å²) >= 11 is 0. The lowest BCUT2D eigenvalue weighted by Gasteiger charge is -2.34. The molecule has 1 N–H and O–H groups in total. The Bertz CT molecular complexity index is 806. The summed E-state index contributed by atoms with van der Waals surface area (Å²) in [4.78, 5) is 24.3. The van der Waals surface area contributed by atoms with Crippen molar-refractivity contribution in [2.24, 2.45) is 17.8 Å². The molecule has 5 rings (SSSR count). The van der Waals surface area contributed by atoms with Crippen LogP contribution < -0.4 is 9.80 Å². The maximum atomic E-state index is 14.5. The average Bonchev–Trinajstić information content (AvgIpc) is 2.99. The van der Waals surface area contributed by atoms with Crippen LogP contribution in [0.25, 0.3) is 0 Å². The monoisotopic (exact) mass is 392 g/mol. The van der Waals surface area contributed by atoms with Crippen molar-refractivity contribution in [1.29, 1.82) is 0 Å². The lowest BCUT2D eigenvalue weighted by molar-refractivity contribution is -0.137. The summed E-state index contributed by atoms with van der Waals surface area (Å²) < 4.78 is 29.1. The predicted octanol–water partition coefficient (Wildman–Crippen LogP) is 3.05. The van der Waals surface area contributed by atoms with Crippen molar-refractivity contribution >= 4 is 17.7 Å². The van der Waals surface area contributed by atoms with Crippen molar-refractivity contribution in [2.75, 3.05) is 29.4 Å². The minimum Gasteiger partial charge on any atom is -0.481 e. The molecule has 0 radical (unpaired) electrons. The second-order valence-corrected chi connectivity index (χ2v) is 8.91. The smallest absolute Gasteiger partial charge is 0.303 e. The van der Waals surface area contributed by atoms with E-state index < -0.39 is 11.9 Å². The fraction of sp³-hybridized carbons (Fsp3) is 0.750. The van der Waals surface area contributed by atoms with Gasteiger partial charge in [-0.15, -0.1) is 0 Å². The standard InChI is InChI=1S/C20H26F2N4O2/c1-11-4-2-3-7-26(11)19-23-17-12(5-6-20(17,21)22)18(24-19)25-9-14-13(8-16(27)28)15(14)10-25/h11,13-15H,2-10H2,1H3,(H,27,28)/t11-,13?,14-,15+/m0/s1. The SMILES string of the molecule is C[C@H]1CCCCN1c1nc(N2C[C@@H]3C(CC(=O)O)[C@@H]3C2)c2c(n1)C(F)(F)CC2. The maximum Gasteiger partial charge on any atom is 0.303 e. The number of anilines is 2. The van der Waals surface area contributed by atoms with E-state index in [-0.39, 0.29) is 30.5 Å². The second-order valence-electron chi connectivity index (χ2n) is 8.91. The van der Waals surface area contributed by atoms with Gasteiger partial charge in [0.2, 0.25) is 5.95 Å². The van der Waals surface area contributed by atoms with Gasteiger partial charge >= 0.3 is 5.97 Å². The molecule has 0 bridgehead atoms. The topological polar surface area (TPSA) is 69.6 Å². The molecule has 3 fully saturated rings. The molecular formula is C20H26F2N4O2. The minimum absolute atomic E-state index is 0.0899. The Balaban J connectivity index is 1.46. The highest BCUT2D eigenvalue weighted by Crippen LogP contribution is 2.55. The van der Waals surface area contributed by atoms with Crippen LogP contribution in [0.1, 0.15) is 50.3 Å². The van der Waals surface area contributed by atoms with E-state index in [9.17, 15) is 13.6 Å². The van der Waals surface area contributed by atoms with E-state index in [1.807, 2.05) is 0 Å². The summed E-state index contributed by atoms with van der Waals surface area (Å²) in [5, 5.41) is 9.03. The number of hydrogen-bond donors (Lipinski definition) is 1. The third kappa shape index (κ3) is 2.83. The number of aliphatic carboxylic acids is 1. The van der Waals surface area contributed by atoms with Crippen LogP contribution in [0.15, 0.2) is 0 Å². The van der Waals surface area contributed by atoms with Gasteiger partial charge in [-0.3, -0.25) is 4.79 Å². The maximum absolute atomic E-state index is 14.5. The van der Waals surface area contributed by atoms with Crippen molar-refractivity contribution in [2.45, 2.75) is 57.4 Å². The highest BCUT2D eigenvalue weighted by molar-refractivity contribution is 5.68. The predicted molar refractivity (Wildman–Crippen MR) is 99.8 cm³/mol. The summed E-state index contributed by atoms with van der Waals surface area (Å²) in [6, 6.07) is 0.251. The number of nitrogens with zero attached hydrogens (tertiary/aromatic N) is 4. The van der Waals surface area contributed by atoms with Crippen molar-refractivity contribution in [3.8, 4) is 0 Å². The van der Waals surface area contributed by atoms with Gasteiger partial charge in [0.05, 0.1) is 0 Å². The van der Waals surface area contributed by atoms with Gasteiger partial charge in [0.15, 0.2) is 0 Å². The average molecular weight is 392 g/mol. The molecule has 3 heterocycles. The highest BCUT2D eigenvalue weighted by atomic mass is 19.3. The number of carboxylic acids is 1. The number of alkyl halides is 2. The Morgan fingerprint density at radius 1 is 1.25 bits per heavy atom. The summed E-state index contributed by atoms with van der Waals surface area (Å²) in [6.07, 6.45) is 3.51. The van der Waals surface area contributed by atoms with E-state index in [1.54, 1.807) is 0 Å². The van der Waals surface area contributed by atoms with Gasteiger partial charge in [-0.05, 0) is 50.4 Å². The number of piperidine rings is 2. The van der Waals surface area contributed by atoms with Gasteiger partial charge in [-0.1, -0.05) is 0 Å². The van der Waals surface area contributed by atoms with Gasteiger partial charge in [-0.2, -0.15) is 13.8 Å². The first-order valence-electron chi connectivity index (χ1n) is 10.4. The van der Waals surface area contributed by atoms with E-state index in [4.69, 9.17) is 10.1 Å². The Kier molecular flexibility index (Phi) is 4.04. The van der Waals surface area contributed by atoms with Crippen LogP contribution in [0.2, 0.25) is 0 Å². The first kappa shape index (κ1) is 18.1. The van der Waals surface area contributed by atoms with Crippen LogP contribution in [-0.2, 0) is 17.1 Å². The van der Waals surface area contributed by atoms with E-state index in [0.717, 1.165) is 25.8 Å². The number of carboxylic acid groups (broad SMARTS) is 1. The van der Waals surface area contributed by atoms with Gasteiger partial charge in [0.25, 0.3) is 5.92 Å². The summed E-state index contributed by atoms with van der Waals surface area (Å²) in [5.74, 6) is -1.63. The lowest BCUT2D eigenvalue weighted by Crippen LogP contribution is -2.39. The molecule has 4 atom stereocenters. The quantitative estimate of drug-likeness (QED) is 0.849. The molecule has 0 amide bonds. The molecule has 4 aliphatic rings. The second kappa shape index (κ2) is 6.26. The van der Waals surface area contributed by atoms with Crippen LogP contribution in [-0.4, -0.2) is 46.7 Å². The largest absolute Gasteiger partial charge is 0.481 e. The third-order valence-corrected chi connectivity index (χ3v) is 7.15. The fourth-order valence-corrected chi connectivity index (χ4v) is 5.51. The van der Waals surface area contributed by atoms with Crippen molar-refractivity contribution in [1.82, 2.24) is 9.97 Å². The molecule has 2 saturated heterocycles. The zero-order valence-electron chi connectivity index (χ0n) is 16.1.